The molecule has 0 saturated heterocycles. The van der Waals surface area contributed by atoms with Crippen molar-refractivity contribution in [2.24, 2.45) is 5.16 Å². The van der Waals surface area contributed by atoms with E-state index in [1.54, 1.807) is 5.32 Å². The van der Waals surface area contributed by atoms with Crippen LogP contribution < -0.4 is 5.32 Å². The van der Waals surface area contributed by atoms with E-state index in [0.29, 0.717) is 0 Å². The molecule has 0 fully saturated rings. The first-order chi connectivity index (χ1) is 11.4. The highest BCUT2D eigenvalue weighted by molar-refractivity contribution is 6.03. The van der Waals surface area contributed by atoms with Gasteiger partial charge in [-0.25, -0.2) is 18.0 Å². The van der Waals surface area contributed by atoms with Crippen molar-refractivity contribution in [1.29, 1.82) is 0 Å². The molecule has 0 saturated carbocycles. The Morgan fingerprint density at radius 1 is 1.00 bits per heavy atom. The summed E-state index contributed by atoms with van der Waals surface area (Å²) in [6, 6.07) is 8.07. The number of carbonyl (C=O) groups is 2. The van der Waals surface area contributed by atoms with Gasteiger partial charge in [0.25, 0.3) is 5.91 Å². The quantitative estimate of drug-likeness (QED) is 0.531. The molecule has 8 heteroatoms. The summed E-state index contributed by atoms with van der Waals surface area (Å²) in [6.07, 6.45) is -1.25. The van der Waals surface area contributed by atoms with E-state index in [9.17, 15) is 22.8 Å². The van der Waals surface area contributed by atoms with Crippen LogP contribution in [-0.2, 0) is 4.84 Å². The largest absolute Gasteiger partial charge is 0.440 e. The summed E-state index contributed by atoms with van der Waals surface area (Å²) in [5.41, 5.74) is -0.0831. The number of amides is 2. The second-order valence-electron chi connectivity index (χ2n) is 4.62. The molecule has 0 aromatic heterocycles. The van der Waals surface area contributed by atoms with Gasteiger partial charge in [0.1, 0.15) is 5.82 Å². The fraction of sp³-hybridized carbons (Fsp3) is 0.0625. The lowest BCUT2D eigenvalue weighted by molar-refractivity contribution is 0.0919. The molecule has 2 aromatic carbocycles. The third-order valence-corrected chi connectivity index (χ3v) is 2.94. The maximum atomic E-state index is 13.4. The molecule has 24 heavy (non-hydrogen) atoms. The molecular weight excluding hydrogens is 325 g/mol. The molecule has 0 aliphatic rings. The molecule has 2 aromatic rings. The molecule has 0 atom stereocenters. The Hall–Kier alpha value is -3.16. The molecular formula is C16H11F3N2O3. The Morgan fingerprint density at radius 2 is 1.71 bits per heavy atom. The Morgan fingerprint density at radius 3 is 2.38 bits per heavy atom. The summed E-state index contributed by atoms with van der Waals surface area (Å²) in [7, 11) is 0. The summed E-state index contributed by atoms with van der Waals surface area (Å²) in [5.74, 6) is -3.91. The number of imide groups is 1. The van der Waals surface area contributed by atoms with Crippen LogP contribution in [-0.4, -0.2) is 17.7 Å². The highest BCUT2D eigenvalue weighted by Crippen LogP contribution is 2.10. The summed E-state index contributed by atoms with van der Waals surface area (Å²) >= 11 is 0. The minimum Gasteiger partial charge on any atom is -0.297 e. The average Bonchev–Trinajstić information content (AvgIpc) is 2.55. The van der Waals surface area contributed by atoms with Crippen LogP contribution >= 0.6 is 0 Å². The third kappa shape index (κ3) is 4.19. The van der Waals surface area contributed by atoms with Crippen LogP contribution in [0.1, 0.15) is 22.8 Å². The van der Waals surface area contributed by atoms with Crippen molar-refractivity contribution in [2.75, 3.05) is 0 Å². The van der Waals surface area contributed by atoms with E-state index in [1.807, 2.05) is 0 Å². The predicted octanol–water partition coefficient (Wildman–Crippen LogP) is 3.39. The van der Waals surface area contributed by atoms with Gasteiger partial charge in [-0.15, -0.1) is 0 Å². The van der Waals surface area contributed by atoms with Gasteiger partial charge < -0.3 is 0 Å². The zero-order chi connectivity index (χ0) is 17.7. The van der Waals surface area contributed by atoms with Crippen LogP contribution in [0, 0.1) is 17.5 Å². The number of nitrogens with one attached hydrogen (secondary N) is 1. The van der Waals surface area contributed by atoms with E-state index < -0.39 is 29.5 Å². The summed E-state index contributed by atoms with van der Waals surface area (Å²) in [5, 5.41) is 5.19. The highest BCUT2D eigenvalue weighted by Gasteiger charge is 2.15. The Labute approximate surface area is 134 Å². The van der Waals surface area contributed by atoms with Gasteiger partial charge in [0.2, 0.25) is 0 Å². The lowest BCUT2D eigenvalue weighted by Crippen LogP contribution is -2.30. The Bertz CT molecular complexity index is 822. The topological polar surface area (TPSA) is 67.8 Å². The van der Waals surface area contributed by atoms with Crippen LogP contribution in [0.4, 0.5) is 18.0 Å². The van der Waals surface area contributed by atoms with E-state index in [4.69, 9.17) is 0 Å². The number of nitrogens with zero attached hydrogens (tertiary/aromatic N) is 1. The molecule has 1 N–H and O–H groups in total. The number of halogens is 3. The Balaban J connectivity index is 2.00. The maximum absolute atomic E-state index is 13.4. The second-order valence-corrected chi connectivity index (χ2v) is 4.62. The molecule has 0 radical (unpaired) electrons. The van der Waals surface area contributed by atoms with Crippen molar-refractivity contribution < 1.29 is 27.6 Å². The smallest absolute Gasteiger partial charge is 0.297 e. The van der Waals surface area contributed by atoms with Crippen molar-refractivity contribution in [3.05, 3.63) is 71.0 Å². The van der Waals surface area contributed by atoms with Crippen LogP contribution in [0.25, 0.3) is 0 Å². The lowest BCUT2D eigenvalue weighted by atomic mass is 10.1. The van der Waals surface area contributed by atoms with E-state index in [1.165, 1.54) is 31.2 Å². The first-order valence-corrected chi connectivity index (χ1v) is 6.65. The van der Waals surface area contributed by atoms with Gasteiger partial charge in [-0.1, -0.05) is 17.3 Å². The monoisotopic (exact) mass is 336 g/mol. The van der Waals surface area contributed by atoms with Crippen molar-refractivity contribution in [2.45, 2.75) is 6.92 Å². The minimum absolute atomic E-state index is 0.0717. The van der Waals surface area contributed by atoms with E-state index in [-0.39, 0.29) is 16.8 Å². The van der Waals surface area contributed by atoms with Crippen LogP contribution in [0.15, 0.2) is 47.6 Å². The molecule has 0 unspecified atom stereocenters. The zero-order valence-electron chi connectivity index (χ0n) is 12.3. The van der Waals surface area contributed by atoms with Crippen molar-refractivity contribution in [3.63, 3.8) is 0 Å². The van der Waals surface area contributed by atoms with Gasteiger partial charge in [0.15, 0.2) is 11.6 Å². The fourth-order valence-electron chi connectivity index (χ4n) is 1.71. The van der Waals surface area contributed by atoms with E-state index >= 15 is 0 Å². The molecule has 124 valence electrons. The molecule has 2 rings (SSSR count). The van der Waals surface area contributed by atoms with Gasteiger partial charge in [-0.3, -0.25) is 14.9 Å². The second kappa shape index (κ2) is 7.40. The standard InChI is InChI=1S/C16H11F3N2O3/c1-9(10-6-7-13(18)14(19)8-10)21-24-16(23)20-15(22)11-4-2-3-5-12(11)17/h2-8H,1H3,(H,20,22,23)/b21-9+. The van der Waals surface area contributed by atoms with Crippen molar-refractivity contribution in [3.8, 4) is 0 Å². The SMILES string of the molecule is C/C(=N\OC(=O)NC(=O)c1ccccc1F)c1ccc(F)c(F)c1. The van der Waals surface area contributed by atoms with Gasteiger partial charge in [0.05, 0.1) is 11.3 Å². The van der Waals surface area contributed by atoms with Crippen LogP contribution in [0.2, 0.25) is 0 Å². The average molecular weight is 336 g/mol. The molecule has 0 bridgehead atoms. The van der Waals surface area contributed by atoms with E-state index in [2.05, 4.69) is 9.99 Å². The van der Waals surface area contributed by atoms with Gasteiger partial charge in [-0.05, 0) is 37.3 Å². The number of hydrogen-bond donors (Lipinski definition) is 1. The van der Waals surface area contributed by atoms with Crippen LogP contribution in [0.5, 0.6) is 0 Å². The predicted molar refractivity (Wildman–Crippen MR) is 78.9 cm³/mol. The maximum Gasteiger partial charge on any atom is 0.440 e. The van der Waals surface area contributed by atoms with E-state index in [0.717, 1.165) is 18.2 Å². The number of rotatable bonds is 3. The fourth-order valence-corrected chi connectivity index (χ4v) is 1.71. The van der Waals surface area contributed by atoms with Crippen LogP contribution in [0.3, 0.4) is 0 Å². The normalized spacial score (nSPS) is 11.1. The first kappa shape index (κ1) is 17.2. The zero-order valence-corrected chi connectivity index (χ0v) is 12.3. The highest BCUT2D eigenvalue weighted by atomic mass is 19.2. The van der Waals surface area contributed by atoms with Gasteiger partial charge in [-0.2, -0.15) is 0 Å². The van der Waals surface area contributed by atoms with Crippen molar-refractivity contribution in [1.82, 2.24) is 5.32 Å². The molecule has 5 nitrogen and oxygen atoms in total. The number of hydrogen-bond acceptors (Lipinski definition) is 4. The number of carbonyl (C=O) groups excluding carboxylic acids is 2. The first-order valence-electron chi connectivity index (χ1n) is 6.65. The lowest BCUT2D eigenvalue weighted by Gasteiger charge is -2.04. The molecule has 2 amide bonds. The number of benzene rings is 2. The molecule has 0 heterocycles. The summed E-state index contributed by atoms with van der Waals surface area (Å²) in [6.45, 7) is 1.39. The van der Waals surface area contributed by atoms with Gasteiger partial charge in [0, 0.05) is 5.56 Å². The minimum atomic E-state index is -1.25. The van der Waals surface area contributed by atoms with Crippen molar-refractivity contribution >= 4 is 17.7 Å². The molecule has 0 aliphatic carbocycles. The molecule has 0 aliphatic heterocycles. The summed E-state index contributed by atoms with van der Waals surface area (Å²) in [4.78, 5) is 27.6. The number of oxime groups is 1. The van der Waals surface area contributed by atoms with Gasteiger partial charge >= 0.3 is 6.09 Å². The summed E-state index contributed by atoms with van der Waals surface area (Å²) < 4.78 is 39.3. The molecule has 0 spiro atoms. The Kier molecular flexibility index (Phi) is 5.31. The third-order valence-electron chi connectivity index (χ3n) is 2.94.